The zero-order chi connectivity index (χ0) is 21.4. The number of amides is 1. The van der Waals surface area contributed by atoms with E-state index in [-0.39, 0.29) is 23.8 Å². The fraction of sp³-hybridized carbons (Fsp3) is 0.409. The lowest BCUT2D eigenvalue weighted by Gasteiger charge is -2.27. The number of benzene rings is 2. The second kappa shape index (κ2) is 10.9. The maximum atomic E-state index is 12.3. The number of carbonyl (C=O) groups is 1. The van der Waals surface area contributed by atoms with Gasteiger partial charge in [0.2, 0.25) is 15.9 Å². The number of nitrogens with zero attached hydrogens (tertiary/aromatic N) is 1. The number of carbonyl (C=O) groups excluding carboxylic acids is 1. The highest BCUT2D eigenvalue weighted by Crippen LogP contribution is 2.17. The quantitative estimate of drug-likeness (QED) is 0.615. The Labute approximate surface area is 183 Å². The van der Waals surface area contributed by atoms with Crippen LogP contribution in [-0.4, -0.2) is 38.9 Å². The van der Waals surface area contributed by atoms with Crippen molar-refractivity contribution < 1.29 is 13.2 Å². The van der Waals surface area contributed by atoms with E-state index < -0.39 is 10.0 Å². The molecule has 0 aliphatic carbocycles. The van der Waals surface area contributed by atoms with Gasteiger partial charge in [-0.2, -0.15) is 0 Å². The van der Waals surface area contributed by atoms with Crippen molar-refractivity contribution >= 4 is 27.5 Å². The van der Waals surface area contributed by atoms with Crippen LogP contribution < -0.4 is 10.0 Å². The molecule has 2 aromatic rings. The summed E-state index contributed by atoms with van der Waals surface area (Å²) < 4.78 is 27.0. The summed E-state index contributed by atoms with van der Waals surface area (Å²) >= 11 is 5.85. The average molecular weight is 450 g/mol. The summed E-state index contributed by atoms with van der Waals surface area (Å²) in [7, 11) is -3.69. The van der Waals surface area contributed by atoms with Crippen LogP contribution in [0, 0.1) is 0 Å². The third-order valence-corrected chi connectivity index (χ3v) is 6.88. The van der Waals surface area contributed by atoms with E-state index in [4.69, 9.17) is 11.6 Å². The summed E-state index contributed by atoms with van der Waals surface area (Å²) in [4.78, 5) is 14.8. The van der Waals surface area contributed by atoms with Gasteiger partial charge in [0, 0.05) is 31.1 Å². The van der Waals surface area contributed by atoms with Gasteiger partial charge in [-0.25, -0.2) is 13.1 Å². The van der Waals surface area contributed by atoms with E-state index in [1.807, 2.05) is 18.2 Å². The normalized spacial score (nSPS) is 15.1. The molecule has 0 saturated carbocycles. The zero-order valence-corrected chi connectivity index (χ0v) is 18.5. The van der Waals surface area contributed by atoms with E-state index in [2.05, 4.69) is 21.0 Å². The van der Waals surface area contributed by atoms with E-state index in [1.165, 1.54) is 37.0 Å². The number of halogens is 1. The van der Waals surface area contributed by atoms with E-state index >= 15 is 0 Å². The minimum atomic E-state index is -3.69. The summed E-state index contributed by atoms with van der Waals surface area (Å²) in [6.07, 6.45) is 3.84. The lowest BCUT2D eigenvalue weighted by molar-refractivity contribution is -0.121. The van der Waals surface area contributed by atoms with Crippen molar-refractivity contribution in [2.45, 2.75) is 43.7 Å². The maximum Gasteiger partial charge on any atom is 0.240 e. The number of nitrogens with one attached hydrogen (secondary N) is 2. The topological polar surface area (TPSA) is 78.5 Å². The minimum Gasteiger partial charge on any atom is -0.352 e. The molecule has 0 spiro atoms. The van der Waals surface area contributed by atoms with E-state index in [9.17, 15) is 13.2 Å². The van der Waals surface area contributed by atoms with Gasteiger partial charge in [-0.3, -0.25) is 9.69 Å². The predicted octanol–water partition coefficient (Wildman–Crippen LogP) is 3.31. The average Bonchev–Trinajstić information content (AvgIpc) is 2.74. The van der Waals surface area contributed by atoms with Crippen molar-refractivity contribution in [3.8, 4) is 0 Å². The molecule has 0 atom stereocenters. The number of piperidine rings is 1. The summed E-state index contributed by atoms with van der Waals surface area (Å²) in [5.41, 5.74) is 2.32. The van der Waals surface area contributed by atoms with Gasteiger partial charge in [-0.05, 0) is 55.3 Å². The van der Waals surface area contributed by atoms with Gasteiger partial charge in [0.15, 0.2) is 0 Å². The molecular weight excluding hydrogens is 422 g/mol. The Morgan fingerprint density at radius 1 is 1.00 bits per heavy atom. The lowest BCUT2D eigenvalue weighted by atomic mass is 10.0. The first-order valence-electron chi connectivity index (χ1n) is 10.2. The maximum absolute atomic E-state index is 12.3. The largest absolute Gasteiger partial charge is 0.352 e. The number of rotatable bonds is 9. The zero-order valence-electron chi connectivity index (χ0n) is 16.9. The SMILES string of the molecule is O=C(CCNS(=O)(=O)c1cccc(Cl)c1)NCc1ccccc1CN1CCCCC1. The van der Waals surface area contributed by atoms with Crippen molar-refractivity contribution in [2.75, 3.05) is 19.6 Å². The van der Waals surface area contributed by atoms with Gasteiger partial charge in [0.1, 0.15) is 0 Å². The summed E-state index contributed by atoms with van der Waals surface area (Å²) in [5, 5.41) is 3.24. The molecule has 0 radical (unpaired) electrons. The molecule has 30 heavy (non-hydrogen) atoms. The van der Waals surface area contributed by atoms with Crippen LogP contribution in [0.5, 0.6) is 0 Å². The molecule has 1 aliphatic heterocycles. The Bertz CT molecular complexity index is 960. The van der Waals surface area contributed by atoms with Gasteiger partial charge < -0.3 is 5.32 Å². The molecular formula is C22H28ClN3O3S. The first-order valence-corrected chi connectivity index (χ1v) is 12.1. The number of hydrogen-bond donors (Lipinski definition) is 2. The second-order valence-corrected chi connectivity index (χ2v) is 9.69. The van der Waals surface area contributed by atoms with Crippen molar-refractivity contribution in [2.24, 2.45) is 0 Å². The molecule has 2 N–H and O–H groups in total. The molecule has 1 fully saturated rings. The Hall–Kier alpha value is -1.93. The Morgan fingerprint density at radius 3 is 2.47 bits per heavy atom. The molecule has 8 heteroatoms. The fourth-order valence-electron chi connectivity index (χ4n) is 3.54. The highest BCUT2D eigenvalue weighted by molar-refractivity contribution is 7.89. The first-order chi connectivity index (χ1) is 14.4. The lowest BCUT2D eigenvalue weighted by Crippen LogP contribution is -2.31. The smallest absolute Gasteiger partial charge is 0.240 e. The number of likely N-dealkylation sites (tertiary alicyclic amines) is 1. The Morgan fingerprint density at radius 2 is 1.73 bits per heavy atom. The van der Waals surface area contributed by atoms with Crippen LogP contribution in [0.15, 0.2) is 53.4 Å². The molecule has 0 unspecified atom stereocenters. The van der Waals surface area contributed by atoms with Gasteiger partial charge in [-0.1, -0.05) is 48.4 Å². The van der Waals surface area contributed by atoms with Crippen LogP contribution in [0.1, 0.15) is 36.8 Å². The van der Waals surface area contributed by atoms with Crippen molar-refractivity contribution in [1.82, 2.24) is 14.9 Å². The molecule has 0 aromatic heterocycles. The van der Waals surface area contributed by atoms with Crippen molar-refractivity contribution in [1.29, 1.82) is 0 Å². The molecule has 0 bridgehead atoms. The molecule has 1 amide bonds. The predicted molar refractivity (Wildman–Crippen MR) is 119 cm³/mol. The standard InChI is InChI=1S/C22H28ClN3O3S/c23-20-9-6-10-21(15-20)30(28,29)25-12-11-22(27)24-16-18-7-2-3-8-19(18)17-26-13-4-1-5-14-26/h2-3,6-10,15,25H,1,4-5,11-14,16-17H2,(H,24,27). The fourth-order valence-corrected chi connectivity index (χ4v) is 4.87. The van der Waals surface area contributed by atoms with E-state index in [0.717, 1.165) is 25.2 Å². The molecule has 6 nitrogen and oxygen atoms in total. The molecule has 1 aliphatic rings. The van der Waals surface area contributed by atoms with Gasteiger partial charge in [-0.15, -0.1) is 0 Å². The van der Waals surface area contributed by atoms with Crippen molar-refractivity contribution in [3.05, 3.63) is 64.7 Å². The Kier molecular flexibility index (Phi) is 8.27. The Balaban J connectivity index is 1.47. The molecule has 2 aromatic carbocycles. The van der Waals surface area contributed by atoms with E-state index in [1.54, 1.807) is 12.1 Å². The minimum absolute atomic E-state index is 0.0239. The third-order valence-electron chi connectivity index (χ3n) is 5.19. The molecule has 3 rings (SSSR count). The number of hydrogen-bond acceptors (Lipinski definition) is 4. The summed E-state index contributed by atoms with van der Waals surface area (Å²) in [6, 6.07) is 14.2. The van der Waals surface area contributed by atoms with E-state index in [0.29, 0.717) is 11.6 Å². The van der Waals surface area contributed by atoms with Crippen LogP contribution in [0.4, 0.5) is 0 Å². The van der Waals surface area contributed by atoms with Crippen molar-refractivity contribution in [3.63, 3.8) is 0 Å². The van der Waals surface area contributed by atoms with Crippen LogP contribution in [0.2, 0.25) is 5.02 Å². The first kappa shape index (κ1) is 22.7. The second-order valence-electron chi connectivity index (χ2n) is 7.49. The van der Waals surface area contributed by atoms with Crippen LogP contribution in [0.25, 0.3) is 0 Å². The summed E-state index contributed by atoms with van der Waals surface area (Å²) in [5.74, 6) is -0.198. The number of sulfonamides is 1. The highest BCUT2D eigenvalue weighted by atomic mass is 35.5. The molecule has 162 valence electrons. The third kappa shape index (κ3) is 6.80. The van der Waals surface area contributed by atoms with Crippen LogP contribution in [0.3, 0.4) is 0 Å². The monoisotopic (exact) mass is 449 g/mol. The van der Waals surface area contributed by atoms with Crippen LogP contribution in [-0.2, 0) is 27.9 Å². The van der Waals surface area contributed by atoms with Gasteiger partial charge >= 0.3 is 0 Å². The molecule has 1 heterocycles. The highest BCUT2D eigenvalue weighted by Gasteiger charge is 2.15. The van der Waals surface area contributed by atoms with Gasteiger partial charge in [0.25, 0.3) is 0 Å². The summed E-state index contributed by atoms with van der Waals surface area (Å²) in [6.45, 7) is 3.59. The molecule has 1 saturated heterocycles. The van der Waals surface area contributed by atoms with Crippen LogP contribution >= 0.6 is 11.6 Å². The van der Waals surface area contributed by atoms with Gasteiger partial charge in [0.05, 0.1) is 4.90 Å².